The van der Waals surface area contributed by atoms with Crippen molar-refractivity contribution in [2.24, 2.45) is 0 Å². The van der Waals surface area contributed by atoms with Gasteiger partial charge < -0.3 is 24.5 Å². The molecule has 208 valence electrons. The fourth-order valence-corrected chi connectivity index (χ4v) is 6.01. The summed E-state index contributed by atoms with van der Waals surface area (Å²) in [6, 6.07) is 13.5. The highest BCUT2D eigenvalue weighted by Crippen LogP contribution is 2.35. The number of fused-ring (bicyclic) bond motifs is 2. The van der Waals surface area contributed by atoms with Gasteiger partial charge in [0.25, 0.3) is 0 Å². The van der Waals surface area contributed by atoms with Gasteiger partial charge in [0, 0.05) is 74.2 Å². The predicted molar refractivity (Wildman–Crippen MR) is 159 cm³/mol. The molecule has 4 aromatic heterocycles. The van der Waals surface area contributed by atoms with Crippen molar-refractivity contribution in [1.82, 2.24) is 24.8 Å². The number of hydrogen-bond donors (Lipinski definition) is 2. The molecule has 5 heterocycles. The highest BCUT2D eigenvalue weighted by atomic mass is 16.4. The Hall–Kier alpha value is -4.57. The van der Waals surface area contributed by atoms with E-state index in [4.69, 9.17) is 9.40 Å². The number of hydrogen-bond acceptors (Lipinski definition) is 9. The molecular weight excluding hydrogens is 518 g/mol. The Morgan fingerprint density at radius 1 is 1.02 bits per heavy atom. The maximum absolute atomic E-state index is 12.8. The van der Waals surface area contributed by atoms with Crippen LogP contribution in [0.2, 0.25) is 0 Å². The first-order valence-electron chi connectivity index (χ1n) is 14.2. The topological polar surface area (TPSA) is 118 Å². The molecule has 1 aromatic carbocycles. The second kappa shape index (κ2) is 10.4. The second-order valence-corrected chi connectivity index (χ2v) is 10.8. The van der Waals surface area contributed by atoms with Gasteiger partial charge in [0.05, 0.1) is 5.69 Å². The predicted octanol–water partition coefficient (Wildman–Crippen LogP) is 5.07. The monoisotopic (exact) mass is 549 g/mol. The number of aromatic nitrogens is 4. The van der Waals surface area contributed by atoms with Crippen molar-refractivity contribution in [1.29, 1.82) is 0 Å². The number of nitrogens with one attached hydrogen (secondary N) is 2. The summed E-state index contributed by atoms with van der Waals surface area (Å²) in [6.07, 6.45) is 7.90. The third-order valence-corrected chi connectivity index (χ3v) is 8.06. The molecule has 0 unspecified atom stereocenters. The quantitative estimate of drug-likeness (QED) is 0.280. The van der Waals surface area contributed by atoms with E-state index in [0.717, 1.165) is 79.7 Å². The average molecular weight is 550 g/mol. The molecule has 2 N–H and O–H groups in total. The average Bonchev–Trinajstić information content (AvgIpc) is 3.65. The molecule has 1 saturated heterocycles. The lowest BCUT2D eigenvalue weighted by Crippen LogP contribution is -2.43. The summed E-state index contributed by atoms with van der Waals surface area (Å²) in [6.45, 7) is 4.87. The molecule has 1 aliphatic carbocycles. The SMILES string of the molecule is CC(=O)c1cc2cnc(Nc3cccc(-c4cnc5c(=O)cc(N6CCNCC6)oc5c4)c3)nc2n1C1CCCC1. The number of piperazine rings is 1. The maximum Gasteiger partial charge on any atom is 0.229 e. The summed E-state index contributed by atoms with van der Waals surface area (Å²) in [4.78, 5) is 41.1. The van der Waals surface area contributed by atoms with Crippen molar-refractivity contribution in [2.45, 2.75) is 38.6 Å². The summed E-state index contributed by atoms with van der Waals surface area (Å²) in [5, 5.41) is 7.52. The molecular formula is C31H31N7O3. The van der Waals surface area contributed by atoms with Crippen molar-refractivity contribution in [3.63, 3.8) is 0 Å². The van der Waals surface area contributed by atoms with Crippen molar-refractivity contribution < 1.29 is 9.21 Å². The Balaban J connectivity index is 1.20. The number of carbonyl (C=O) groups excluding carboxylic acids is 1. The summed E-state index contributed by atoms with van der Waals surface area (Å²) in [5.74, 6) is 1.07. The molecule has 1 aliphatic heterocycles. The van der Waals surface area contributed by atoms with Gasteiger partial charge in [-0.25, -0.2) is 9.97 Å². The molecule has 2 fully saturated rings. The maximum atomic E-state index is 12.8. The second-order valence-electron chi connectivity index (χ2n) is 10.8. The minimum Gasteiger partial charge on any atom is -0.439 e. The highest BCUT2D eigenvalue weighted by molar-refractivity contribution is 5.98. The van der Waals surface area contributed by atoms with Gasteiger partial charge in [0.15, 0.2) is 22.8 Å². The van der Waals surface area contributed by atoms with Crippen LogP contribution in [-0.2, 0) is 0 Å². The van der Waals surface area contributed by atoms with Crippen molar-refractivity contribution in [3.8, 4) is 11.1 Å². The van der Waals surface area contributed by atoms with Crippen LogP contribution in [0.5, 0.6) is 0 Å². The molecule has 1 saturated carbocycles. The molecule has 2 aliphatic rings. The van der Waals surface area contributed by atoms with Gasteiger partial charge >= 0.3 is 0 Å². The van der Waals surface area contributed by atoms with Gasteiger partial charge in [-0.15, -0.1) is 0 Å². The standard InChI is InChI=1S/C31H31N7O3/c1-19(39)25-14-22-18-34-31(36-30(22)38(25)24-7-2-3-8-24)35-23-6-4-5-20(13-23)21-15-27-29(33-17-21)26(40)16-28(41-27)37-11-9-32-10-12-37/h4-6,13-18,24,32H,2-3,7-12H2,1H3,(H,34,35,36). The fraction of sp³-hybridized carbons (Fsp3) is 0.323. The van der Waals surface area contributed by atoms with E-state index in [0.29, 0.717) is 28.6 Å². The van der Waals surface area contributed by atoms with E-state index in [1.165, 1.54) is 6.07 Å². The highest BCUT2D eigenvalue weighted by Gasteiger charge is 2.24. The molecule has 0 spiro atoms. The van der Waals surface area contributed by atoms with Gasteiger partial charge in [0.2, 0.25) is 11.4 Å². The molecule has 0 atom stereocenters. The summed E-state index contributed by atoms with van der Waals surface area (Å²) in [7, 11) is 0. The number of Topliss-reactive ketones (excluding diaryl/α,β-unsaturated/α-hetero) is 1. The molecule has 0 bridgehead atoms. The first-order valence-corrected chi connectivity index (χ1v) is 14.2. The van der Waals surface area contributed by atoms with Gasteiger partial charge in [-0.2, -0.15) is 4.98 Å². The number of pyridine rings is 1. The van der Waals surface area contributed by atoms with Gasteiger partial charge in [-0.05, 0) is 42.7 Å². The third-order valence-electron chi connectivity index (χ3n) is 8.06. The molecule has 10 nitrogen and oxygen atoms in total. The third kappa shape index (κ3) is 4.84. The van der Waals surface area contributed by atoms with Crippen molar-refractivity contribution >= 4 is 45.4 Å². The first-order chi connectivity index (χ1) is 20.0. The lowest BCUT2D eigenvalue weighted by atomic mass is 10.1. The van der Waals surface area contributed by atoms with Crippen LogP contribution in [0, 0.1) is 0 Å². The van der Waals surface area contributed by atoms with E-state index in [1.807, 2.05) is 36.4 Å². The minimum absolute atomic E-state index is 0.0389. The normalized spacial score (nSPS) is 16.1. The van der Waals surface area contributed by atoms with Gasteiger partial charge in [0.1, 0.15) is 5.65 Å². The van der Waals surface area contributed by atoms with Crippen LogP contribution in [0.15, 0.2) is 64.1 Å². The number of rotatable bonds is 6. The zero-order valence-corrected chi connectivity index (χ0v) is 22.9. The first kappa shape index (κ1) is 25.4. The smallest absolute Gasteiger partial charge is 0.229 e. The van der Waals surface area contributed by atoms with E-state index < -0.39 is 0 Å². The molecule has 5 aromatic rings. The minimum atomic E-state index is -0.149. The number of benzene rings is 1. The lowest BCUT2D eigenvalue weighted by Gasteiger charge is -2.27. The summed E-state index contributed by atoms with van der Waals surface area (Å²) < 4.78 is 8.27. The molecule has 10 heteroatoms. The van der Waals surface area contributed by atoms with Crippen LogP contribution >= 0.6 is 0 Å². The molecule has 7 rings (SSSR count). The van der Waals surface area contributed by atoms with E-state index in [-0.39, 0.29) is 17.3 Å². The van der Waals surface area contributed by atoms with E-state index in [2.05, 4.69) is 30.1 Å². The number of ketones is 1. The van der Waals surface area contributed by atoms with Crippen molar-refractivity contribution in [3.05, 3.63) is 70.8 Å². The number of nitrogens with zero attached hydrogens (tertiary/aromatic N) is 5. The van der Waals surface area contributed by atoms with Gasteiger partial charge in [-0.3, -0.25) is 9.59 Å². The molecule has 41 heavy (non-hydrogen) atoms. The lowest BCUT2D eigenvalue weighted by molar-refractivity contribution is 0.100. The van der Waals surface area contributed by atoms with Crippen LogP contribution < -0.4 is 21.0 Å². The Morgan fingerprint density at radius 3 is 2.66 bits per heavy atom. The van der Waals surface area contributed by atoms with E-state index in [1.54, 1.807) is 19.3 Å². The number of anilines is 3. The van der Waals surface area contributed by atoms with Crippen LogP contribution in [0.25, 0.3) is 33.3 Å². The largest absolute Gasteiger partial charge is 0.439 e. The summed E-state index contributed by atoms with van der Waals surface area (Å²) in [5.41, 5.74) is 4.66. The zero-order valence-electron chi connectivity index (χ0n) is 22.9. The Labute approximate surface area is 236 Å². The van der Waals surface area contributed by atoms with Crippen LogP contribution in [-0.4, -0.2) is 51.5 Å². The summed E-state index contributed by atoms with van der Waals surface area (Å²) >= 11 is 0. The Kier molecular flexibility index (Phi) is 6.47. The van der Waals surface area contributed by atoms with Gasteiger partial charge in [-0.1, -0.05) is 25.0 Å². The Bertz CT molecular complexity index is 1830. The van der Waals surface area contributed by atoms with Crippen LogP contribution in [0.3, 0.4) is 0 Å². The van der Waals surface area contributed by atoms with E-state index in [9.17, 15) is 9.59 Å². The van der Waals surface area contributed by atoms with Crippen LogP contribution in [0.4, 0.5) is 17.5 Å². The number of carbonyl (C=O) groups is 1. The van der Waals surface area contributed by atoms with Crippen LogP contribution in [0.1, 0.15) is 49.1 Å². The fourth-order valence-electron chi connectivity index (χ4n) is 6.01. The zero-order chi connectivity index (χ0) is 27.9. The van der Waals surface area contributed by atoms with Crippen molar-refractivity contribution in [2.75, 3.05) is 36.4 Å². The Morgan fingerprint density at radius 2 is 1.85 bits per heavy atom. The molecule has 0 amide bonds. The molecule has 0 radical (unpaired) electrons. The van der Waals surface area contributed by atoms with E-state index >= 15 is 0 Å².